The molecule has 1 aliphatic heterocycles. The molecule has 0 radical (unpaired) electrons. The SMILES string of the molecule is COc1ccc([C@H]2SC(=S)N(c3ccccc3C)C(=O)[C@H]2S)cc1. The van der Waals surface area contributed by atoms with Gasteiger partial charge in [0.15, 0.2) is 0 Å². The number of methoxy groups -OCH3 is 1. The van der Waals surface area contributed by atoms with Gasteiger partial charge >= 0.3 is 0 Å². The molecule has 2 aromatic rings. The highest BCUT2D eigenvalue weighted by Crippen LogP contribution is 2.43. The summed E-state index contributed by atoms with van der Waals surface area (Å²) in [6.07, 6.45) is 0. The lowest BCUT2D eigenvalue weighted by Gasteiger charge is -2.36. The van der Waals surface area contributed by atoms with Gasteiger partial charge in [0.05, 0.1) is 23.3 Å². The summed E-state index contributed by atoms with van der Waals surface area (Å²) in [6.45, 7) is 1.97. The van der Waals surface area contributed by atoms with Gasteiger partial charge < -0.3 is 4.74 Å². The summed E-state index contributed by atoms with van der Waals surface area (Å²) >= 11 is 11.6. The van der Waals surface area contributed by atoms with Crippen LogP contribution in [0.2, 0.25) is 0 Å². The number of benzene rings is 2. The third-order valence-corrected chi connectivity index (χ3v) is 6.35. The van der Waals surface area contributed by atoms with Gasteiger partial charge in [-0.1, -0.05) is 54.3 Å². The Morgan fingerprint density at radius 2 is 1.83 bits per heavy atom. The molecular formula is C18H17NO2S3. The lowest BCUT2D eigenvalue weighted by Crippen LogP contribution is -2.46. The number of carbonyl (C=O) groups excluding carboxylic acids is 1. The number of hydrogen-bond acceptors (Lipinski definition) is 5. The minimum atomic E-state index is -0.463. The molecule has 0 aromatic heterocycles. The number of para-hydroxylation sites is 1. The van der Waals surface area contributed by atoms with E-state index in [4.69, 9.17) is 17.0 Å². The Morgan fingerprint density at radius 1 is 1.17 bits per heavy atom. The molecule has 1 saturated heterocycles. The van der Waals surface area contributed by atoms with Crippen molar-refractivity contribution in [3.63, 3.8) is 0 Å². The van der Waals surface area contributed by atoms with Crippen molar-refractivity contribution >= 4 is 52.5 Å². The monoisotopic (exact) mass is 375 g/mol. The van der Waals surface area contributed by atoms with E-state index in [0.29, 0.717) is 4.32 Å². The van der Waals surface area contributed by atoms with Gasteiger partial charge in [-0.3, -0.25) is 9.69 Å². The first kappa shape index (κ1) is 17.3. The van der Waals surface area contributed by atoms with Crippen LogP contribution in [0.1, 0.15) is 16.4 Å². The predicted molar refractivity (Wildman–Crippen MR) is 107 cm³/mol. The van der Waals surface area contributed by atoms with E-state index in [1.165, 1.54) is 11.8 Å². The maximum Gasteiger partial charge on any atom is 0.246 e. The number of amides is 1. The number of ether oxygens (including phenoxy) is 1. The molecule has 0 spiro atoms. The molecule has 0 bridgehead atoms. The third kappa shape index (κ3) is 3.18. The van der Waals surface area contributed by atoms with Crippen molar-refractivity contribution in [1.29, 1.82) is 0 Å². The first-order chi connectivity index (χ1) is 11.5. The second-order valence-electron chi connectivity index (χ2n) is 5.48. The summed E-state index contributed by atoms with van der Waals surface area (Å²) in [5.41, 5.74) is 2.85. The van der Waals surface area contributed by atoms with Crippen LogP contribution in [0.5, 0.6) is 5.75 Å². The molecule has 0 saturated carbocycles. The molecule has 1 fully saturated rings. The van der Waals surface area contributed by atoms with Crippen molar-refractivity contribution in [2.45, 2.75) is 17.4 Å². The highest BCUT2D eigenvalue weighted by atomic mass is 32.2. The number of anilines is 1. The molecule has 2 atom stereocenters. The molecule has 0 aliphatic carbocycles. The van der Waals surface area contributed by atoms with Crippen LogP contribution in [0.15, 0.2) is 48.5 Å². The van der Waals surface area contributed by atoms with Crippen LogP contribution >= 0.6 is 36.6 Å². The Morgan fingerprint density at radius 3 is 2.46 bits per heavy atom. The predicted octanol–water partition coefficient (Wildman–Crippen LogP) is 4.41. The van der Waals surface area contributed by atoms with E-state index >= 15 is 0 Å². The standard InChI is InChI=1S/C18H17NO2S3/c1-11-5-3-4-6-14(11)19-17(20)15(22)16(24-18(19)23)12-7-9-13(21-2)10-8-12/h3-10,15-16,22H,1-2H3/t15-,16+/m0/s1. The lowest BCUT2D eigenvalue weighted by molar-refractivity contribution is -0.117. The molecule has 0 unspecified atom stereocenters. The molecule has 1 heterocycles. The molecule has 3 nitrogen and oxygen atoms in total. The average Bonchev–Trinajstić information content (AvgIpc) is 2.60. The third-order valence-electron chi connectivity index (χ3n) is 3.97. The topological polar surface area (TPSA) is 29.5 Å². The number of thioether (sulfide) groups is 1. The maximum atomic E-state index is 12.9. The molecule has 124 valence electrons. The second kappa shape index (κ2) is 7.17. The highest BCUT2D eigenvalue weighted by molar-refractivity contribution is 8.24. The molecule has 3 rings (SSSR count). The van der Waals surface area contributed by atoms with Crippen LogP contribution in [-0.2, 0) is 4.79 Å². The van der Waals surface area contributed by atoms with Gasteiger partial charge in [0, 0.05) is 0 Å². The van der Waals surface area contributed by atoms with Crippen molar-refractivity contribution in [3.8, 4) is 5.75 Å². The van der Waals surface area contributed by atoms with Crippen molar-refractivity contribution in [3.05, 3.63) is 59.7 Å². The number of rotatable bonds is 3. The maximum absolute atomic E-state index is 12.9. The Bertz CT molecular complexity index is 776. The number of aryl methyl sites for hydroxylation is 1. The summed E-state index contributed by atoms with van der Waals surface area (Å²) in [4.78, 5) is 14.5. The Kier molecular flexibility index (Phi) is 5.18. The molecule has 24 heavy (non-hydrogen) atoms. The minimum Gasteiger partial charge on any atom is -0.497 e. The molecule has 2 aromatic carbocycles. The van der Waals surface area contributed by atoms with Gasteiger partial charge in [-0.25, -0.2) is 0 Å². The molecule has 0 N–H and O–H groups in total. The van der Waals surface area contributed by atoms with Gasteiger partial charge in [-0.15, -0.1) is 0 Å². The molecular weight excluding hydrogens is 358 g/mol. The van der Waals surface area contributed by atoms with Gasteiger partial charge in [0.1, 0.15) is 10.1 Å². The van der Waals surface area contributed by atoms with Gasteiger partial charge in [0.2, 0.25) is 5.91 Å². The van der Waals surface area contributed by atoms with Gasteiger partial charge in [0.25, 0.3) is 0 Å². The number of hydrogen-bond donors (Lipinski definition) is 1. The van der Waals surface area contributed by atoms with Crippen LogP contribution in [0.4, 0.5) is 5.69 Å². The van der Waals surface area contributed by atoms with Gasteiger partial charge in [-0.2, -0.15) is 12.6 Å². The number of thiocarbonyl (C=S) groups is 1. The Labute approximate surface area is 156 Å². The molecule has 6 heteroatoms. The van der Waals surface area contributed by atoms with E-state index in [0.717, 1.165) is 22.6 Å². The van der Waals surface area contributed by atoms with Crippen molar-refractivity contribution < 1.29 is 9.53 Å². The number of carbonyl (C=O) groups is 1. The number of nitrogens with zero attached hydrogens (tertiary/aromatic N) is 1. The minimum absolute atomic E-state index is 0.0859. The van der Waals surface area contributed by atoms with Crippen LogP contribution in [0.25, 0.3) is 0 Å². The van der Waals surface area contributed by atoms with E-state index in [1.807, 2.05) is 55.5 Å². The van der Waals surface area contributed by atoms with Crippen LogP contribution in [0.3, 0.4) is 0 Å². The second-order valence-corrected chi connectivity index (χ2v) is 7.81. The molecule has 1 aliphatic rings. The average molecular weight is 376 g/mol. The quantitative estimate of drug-likeness (QED) is 0.636. The smallest absolute Gasteiger partial charge is 0.246 e. The van der Waals surface area contributed by atoms with Crippen molar-refractivity contribution in [2.24, 2.45) is 0 Å². The van der Waals surface area contributed by atoms with Crippen LogP contribution in [-0.4, -0.2) is 22.6 Å². The zero-order valence-electron chi connectivity index (χ0n) is 13.3. The van der Waals surface area contributed by atoms with E-state index in [2.05, 4.69) is 12.6 Å². The van der Waals surface area contributed by atoms with Crippen molar-refractivity contribution in [1.82, 2.24) is 0 Å². The first-order valence-electron chi connectivity index (χ1n) is 7.45. The Hall–Kier alpha value is -1.50. The summed E-state index contributed by atoms with van der Waals surface area (Å²) < 4.78 is 5.74. The summed E-state index contributed by atoms with van der Waals surface area (Å²) in [6, 6.07) is 15.4. The normalized spacial score (nSPS) is 21.0. The fourth-order valence-corrected chi connectivity index (χ4v) is 4.67. The summed E-state index contributed by atoms with van der Waals surface area (Å²) in [5.74, 6) is 0.697. The van der Waals surface area contributed by atoms with Gasteiger partial charge in [-0.05, 0) is 36.2 Å². The zero-order chi connectivity index (χ0) is 17.3. The first-order valence-corrected chi connectivity index (χ1v) is 9.25. The van der Waals surface area contributed by atoms with Crippen LogP contribution in [0, 0.1) is 6.92 Å². The summed E-state index contributed by atoms with van der Waals surface area (Å²) in [7, 11) is 1.63. The number of thiol groups is 1. The summed E-state index contributed by atoms with van der Waals surface area (Å²) in [5, 5.41) is -0.575. The van der Waals surface area contributed by atoms with Crippen LogP contribution < -0.4 is 9.64 Å². The zero-order valence-corrected chi connectivity index (χ0v) is 15.8. The van der Waals surface area contributed by atoms with E-state index in [1.54, 1.807) is 12.0 Å². The fourth-order valence-electron chi connectivity index (χ4n) is 2.65. The Balaban J connectivity index is 1.90. The highest BCUT2D eigenvalue weighted by Gasteiger charge is 2.40. The lowest BCUT2D eigenvalue weighted by atomic mass is 10.1. The van der Waals surface area contributed by atoms with E-state index in [9.17, 15) is 4.79 Å². The van der Waals surface area contributed by atoms with E-state index < -0.39 is 5.25 Å². The fraction of sp³-hybridized carbons (Fsp3) is 0.222. The van der Waals surface area contributed by atoms with E-state index in [-0.39, 0.29) is 11.2 Å². The largest absolute Gasteiger partial charge is 0.497 e. The molecule has 1 amide bonds. The van der Waals surface area contributed by atoms with Crippen molar-refractivity contribution in [2.75, 3.05) is 12.0 Å².